The van der Waals surface area contributed by atoms with Crippen molar-refractivity contribution in [1.29, 1.82) is 0 Å². The average molecular weight is 322 g/mol. The van der Waals surface area contributed by atoms with E-state index in [1.54, 1.807) is 20.8 Å². The summed E-state index contributed by atoms with van der Waals surface area (Å²) in [5.41, 5.74) is -3.21. The van der Waals surface area contributed by atoms with Crippen molar-refractivity contribution in [2.24, 2.45) is 11.3 Å². The van der Waals surface area contributed by atoms with Gasteiger partial charge in [0.1, 0.15) is 0 Å². The van der Waals surface area contributed by atoms with E-state index in [9.17, 15) is 27.1 Å². The van der Waals surface area contributed by atoms with Crippen LogP contribution >= 0.6 is 0 Å². The standard InChI is InChI=1S/C16H19F5O/c1-8-5-4-6-15(2,3)16(8,7-22)9-10(17)12(19)14(21)13(20)11(9)18/h8,22H,4-7H2,1-3H3/t8-,16-/m0/s1. The summed E-state index contributed by atoms with van der Waals surface area (Å²) >= 11 is 0. The average Bonchev–Trinajstić information content (AvgIpc) is 2.46. The molecule has 2 rings (SSSR count). The monoisotopic (exact) mass is 322 g/mol. The molecule has 1 aromatic rings. The highest BCUT2D eigenvalue weighted by molar-refractivity contribution is 5.35. The fourth-order valence-electron chi connectivity index (χ4n) is 4.02. The highest BCUT2D eigenvalue weighted by Crippen LogP contribution is 2.56. The first kappa shape index (κ1) is 17.2. The third-order valence-corrected chi connectivity index (χ3v) is 5.39. The molecule has 2 atom stereocenters. The lowest BCUT2D eigenvalue weighted by atomic mass is 9.51. The van der Waals surface area contributed by atoms with Crippen LogP contribution in [0.2, 0.25) is 0 Å². The zero-order valence-electron chi connectivity index (χ0n) is 12.7. The molecule has 22 heavy (non-hydrogen) atoms. The lowest BCUT2D eigenvalue weighted by Crippen LogP contribution is -2.54. The van der Waals surface area contributed by atoms with Gasteiger partial charge in [-0.3, -0.25) is 0 Å². The van der Waals surface area contributed by atoms with Gasteiger partial charge in [0.15, 0.2) is 23.3 Å². The smallest absolute Gasteiger partial charge is 0.200 e. The van der Waals surface area contributed by atoms with Crippen LogP contribution in [0.4, 0.5) is 22.0 Å². The van der Waals surface area contributed by atoms with Crippen molar-refractivity contribution in [3.63, 3.8) is 0 Å². The summed E-state index contributed by atoms with van der Waals surface area (Å²) in [7, 11) is 0. The summed E-state index contributed by atoms with van der Waals surface area (Å²) in [6.45, 7) is 4.38. The molecule has 0 spiro atoms. The van der Waals surface area contributed by atoms with Gasteiger partial charge in [-0.15, -0.1) is 0 Å². The van der Waals surface area contributed by atoms with Gasteiger partial charge in [0.05, 0.1) is 6.61 Å². The Balaban J connectivity index is 2.87. The predicted octanol–water partition coefficient (Wildman–Crippen LogP) is 4.46. The van der Waals surface area contributed by atoms with Crippen molar-refractivity contribution in [1.82, 2.24) is 0 Å². The number of halogens is 5. The summed E-state index contributed by atoms with van der Waals surface area (Å²) in [4.78, 5) is 0. The first-order valence-corrected chi connectivity index (χ1v) is 7.24. The molecule has 0 aliphatic heterocycles. The summed E-state index contributed by atoms with van der Waals surface area (Å²) < 4.78 is 69.1. The van der Waals surface area contributed by atoms with E-state index >= 15 is 0 Å². The topological polar surface area (TPSA) is 20.2 Å². The minimum atomic E-state index is -2.17. The lowest BCUT2D eigenvalue weighted by Gasteiger charge is -2.53. The first-order chi connectivity index (χ1) is 10.1. The Morgan fingerprint density at radius 1 is 0.955 bits per heavy atom. The third kappa shape index (κ3) is 2.07. The SMILES string of the molecule is C[C@H]1CCCC(C)(C)[C@]1(CO)c1c(F)c(F)c(F)c(F)c1F. The van der Waals surface area contributed by atoms with Crippen LogP contribution in [0.1, 0.15) is 45.6 Å². The molecule has 1 aliphatic rings. The highest BCUT2D eigenvalue weighted by Gasteiger charge is 2.55. The van der Waals surface area contributed by atoms with Crippen molar-refractivity contribution < 1.29 is 27.1 Å². The van der Waals surface area contributed by atoms with Gasteiger partial charge in [-0.25, -0.2) is 22.0 Å². The minimum Gasteiger partial charge on any atom is -0.395 e. The molecule has 1 aliphatic carbocycles. The summed E-state index contributed by atoms with van der Waals surface area (Å²) in [5.74, 6) is -10.2. The van der Waals surface area contributed by atoms with Crippen molar-refractivity contribution in [3.05, 3.63) is 34.6 Å². The molecule has 1 aromatic carbocycles. The quantitative estimate of drug-likeness (QED) is 0.484. The third-order valence-electron chi connectivity index (χ3n) is 5.39. The zero-order chi connectivity index (χ0) is 16.9. The second-order valence-corrected chi connectivity index (χ2v) is 6.75. The summed E-state index contributed by atoms with van der Waals surface area (Å²) in [6.07, 6.45) is 1.84. The number of benzene rings is 1. The predicted molar refractivity (Wildman–Crippen MR) is 71.8 cm³/mol. The molecule has 0 bridgehead atoms. The van der Waals surface area contributed by atoms with Gasteiger partial charge < -0.3 is 5.11 Å². The van der Waals surface area contributed by atoms with Crippen LogP contribution in [0.3, 0.4) is 0 Å². The fourth-order valence-corrected chi connectivity index (χ4v) is 4.02. The number of aliphatic hydroxyl groups is 1. The van der Waals surface area contributed by atoms with E-state index in [0.717, 1.165) is 6.42 Å². The molecule has 1 fully saturated rings. The fraction of sp³-hybridized carbons (Fsp3) is 0.625. The van der Waals surface area contributed by atoms with Gasteiger partial charge in [-0.05, 0) is 24.2 Å². The Bertz CT molecular complexity index is 570. The largest absolute Gasteiger partial charge is 0.395 e. The molecule has 0 unspecified atom stereocenters. The Morgan fingerprint density at radius 3 is 1.82 bits per heavy atom. The lowest BCUT2D eigenvalue weighted by molar-refractivity contribution is -0.0134. The number of aliphatic hydroxyl groups excluding tert-OH is 1. The normalized spacial score (nSPS) is 28.0. The van der Waals surface area contributed by atoms with Gasteiger partial charge >= 0.3 is 0 Å². The van der Waals surface area contributed by atoms with Crippen molar-refractivity contribution in [3.8, 4) is 0 Å². The maximum absolute atomic E-state index is 14.3. The van der Waals surface area contributed by atoms with E-state index in [-0.39, 0.29) is 0 Å². The van der Waals surface area contributed by atoms with Crippen LogP contribution in [0.5, 0.6) is 0 Å². The zero-order valence-corrected chi connectivity index (χ0v) is 12.7. The summed E-state index contributed by atoms with van der Waals surface area (Å²) in [5, 5.41) is 9.93. The van der Waals surface area contributed by atoms with Crippen LogP contribution in [0, 0.1) is 40.4 Å². The van der Waals surface area contributed by atoms with Crippen molar-refractivity contribution in [2.45, 2.75) is 45.4 Å². The van der Waals surface area contributed by atoms with E-state index in [2.05, 4.69) is 0 Å². The molecule has 0 aromatic heterocycles. The molecule has 1 N–H and O–H groups in total. The first-order valence-electron chi connectivity index (χ1n) is 7.24. The molecule has 124 valence electrons. The van der Waals surface area contributed by atoms with Crippen LogP contribution in [0.25, 0.3) is 0 Å². The molecule has 1 saturated carbocycles. The van der Waals surface area contributed by atoms with Gasteiger partial charge in [-0.2, -0.15) is 0 Å². The molecular weight excluding hydrogens is 303 g/mol. The minimum absolute atomic E-state index is 0.422. The molecule has 1 nitrogen and oxygen atoms in total. The van der Waals surface area contributed by atoms with Crippen LogP contribution in [0.15, 0.2) is 0 Å². The van der Waals surface area contributed by atoms with E-state index in [1.165, 1.54) is 0 Å². The van der Waals surface area contributed by atoms with Gasteiger partial charge in [-0.1, -0.05) is 27.2 Å². The maximum Gasteiger partial charge on any atom is 0.200 e. The molecule has 0 amide bonds. The highest BCUT2D eigenvalue weighted by atomic mass is 19.2. The number of rotatable bonds is 2. The Morgan fingerprint density at radius 2 is 1.41 bits per heavy atom. The second-order valence-electron chi connectivity index (χ2n) is 6.75. The molecule has 0 radical (unpaired) electrons. The maximum atomic E-state index is 14.3. The van der Waals surface area contributed by atoms with Gasteiger partial charge in [0.25, 0.3) is 0 Å². The second kappa shape index (κ2) is 5.48. The van der Waals surface area contributed by atoms with Crippen LogP contribution in [-0.2, 0) is 5.41 Å². The van der Waals surface area contributed by atoms with E-state index in [4.69, 9.17) is 0 Å². The van der Waals surface area contributed by atoms with Gasteiger partial charge in [0, 0.05) is 11.0 Å². The van der Waals surface area contributed by atoms with E-state index in [0.29, 0.717) is 12.8 Å². The van der Waals surface area contributed by atoms with Crippen molar-refractivity contribution >= 4 is 0 Å². The molecule has 0 heterocycles. The van der Waals surface area contributed by atoms with Crippen LogP contribution < -0.4 is 0 Å². The van der Waals surface area contributed by atoms with Gasteiger partial charge in [0.2, 0.25) is 5.82 Å². The van der Waals surface area contributed by atoms with E-state index in [1.807, 2.05) is 0 Å². The summed E-state index contributed by atoms with van der Waals surface area (Å²) in [6, 6.07) is 0. The Hall–Kier alpha value is -1.17. The van der Waals surface area contributed by atoms with Crippen molar-refractivity contribution in [2.75, 3.05) is 6.61 Å². The number of hydrogen-bond donors (Lipinski definition) is 1. The number of hydrogen-bond acceptors (Lipinski definition) is 1. The Kier molecular flexibility index (Phi) is 4.28. The van der Waals surface area contributed by atoms with E-state index < -0.39 is 58.0 Å². The molecular formula is C16H19F5O. The Labute approximate surface area is 126 Å². The van der Waals surface area contributed by atoms with Crippen LogP contribution in [-0.4, -0.2) is 11.7 Å². The molecule has 0 saturated heterocycles. The molecule has 6 heteroatoms.